The zero-order valence-electron chi connectivity index (χ0n) is 22.0. The molecular formula is C28H24ClF6N3O4. The summed E-state index contributed by atoms with van der Waals surface area (Å²) in [5.41, 5.74) is -2.65. The van der Waals surface area contributed by atoms with Gasteiger partial charge in [-0.05, 0) is 67.9 Å². The lowest BCUT2D eigenvalue weighted by atomic mass is 9.91. The highest BCUT2D eigenvalue weighted by atomic mass is 35.5. The summed E-state index contributed by atoms with van der Waals surface area (Å²) < 4.78 is 83.5. The fraction of sp³-hybridized carbons (Fsp3) is 0.250. The SMILES string of the molecule is CC(C)(C(=O)NCc1ccc(Cl)c(C(=O)Nc2ccc(OCC(F)F)c(C(=O)Nc3cccc(F)c3)c2)c1)C(F)(F)F. The molecule has 224 valence electrons. The second-order valence-corrected chi connectivity index (χ2v) is 9.86. The molecule has 0 aliphatic carbocycles. The van der Waals surface area contributed by atoms with E-state index in [0.717, 1.165) is 32.0 Å². The molecule has 0 bridgehead atoms. The summed E-state index contributed by atoms with van der Waals surface area (Å²) in [5.74, 6) is -3.78. The first-order chi connectivity index (χ1) is 19.6. The van der Waals surface area contributed by atoms with E-state index in [1.807, 2.05) is 0 Å². The van der Waals surface area contributed by atoms with Crippen molar-refractivity contribution >= 4 is 40.7 Å². The molecule has 3 aromatic carbocycles. The van der Waals surface area contributed by atoms with Crippen LogP contribution in [0.15, 0.2) is 60.7 Å². The number of ether oxygens (including phenoxy) is 1. The van der Waals surface area contributed by atoms with Crippen molar-refractivity contribution in [2.45, 2.75) is 33.0 Å². The number of nitrogens with one attached hydrogen (secondary N) is 3. The molecule has 3 amide bonds. The van der Waals surface area contributed by atoms with Gasteiger partial charge in [-0.1, -0.05) is 23.7 Å². The van der Waals surface area contributed by atoms with Crippen molar-refractivity contribution in [3.8, 4) is 5.75 Å². The number of amides is 3. The summed E-state index contributed by atoms with van der Waals surface area (Å²) in [5, 5.41) is 7.06. The standard InChI is InChI=1S/C28H24ClF6N3O4/c1-27(2,28(33,34)35)26(41)36-13-15-6-8-21(29)19(10-15)24(39)38-18-7-9-22(42-14-23(31)32)20(12-18)25(40)37-17-5-3-4-16(30)11-17/h3-12,23H,13-14H2,1-2H3,(H,36,41)(H,37,40)(H,38,39). The van der Waals surface area contributed by atoms with Crippen LogP contribution in [0, 0.1) is 11.2 Å². The van der Waals surface area contributed by atoms with E-state index >= 15 is 0 Å². The molecule has 14 heteroatoms. The first-order valence-corrected chi connectivity index (χ1v) is 12.5. The second-order valence-electron chi connectivity index (χ2n) is 9.45. The van der Waals surface area contributed by atoms with Crippen LogP contribution in [0.2, 0.25) is 5.02 Å². The van der Waals surface area contributed by atoms with E-state index in [9.17, 15) is 40.7 Å². The van der Waals surface area contributed by atoms with Gasteiger partial charge in [-0.15, -0.1) is 0 Å². The van der Waals surface area contributed by atoms with Gasteiger partial charge in [-0.3, -0.25) is 14.4 Å². The van der Waals surface area contributed by atoms with Crippen molar-refractivity contribution in [2.75, 3.05) is 17.2 Å². The minimum atomic E-state index is -4.78. The summed E-state index contributed by atoms with van der Waals surface area (Å²) in [6.07, 6.45) is -7.63. The fourth-order valence-electron chi connectivity index (χ4n) is 3.42. The van der Waals surface area contributed by atoms with Crippen molar-refractivity contribution in [1.82, 2.24) is 5.32 Å². The van der Waals surface area contributed by atoms with Crippen LogP contribution in [0.1, 0.15) is 40.1 Å². The maximum Gasteiger partial charge on any atom is 0.402 e. The van der Waals surface area contributed by atoms with Crippen LogP contribution in [0.5, 0.6) is 5.75 Å². The van der Waals surface area contributed by atoms with Crippen LogP contribution in [-0.4, -0.2) is 36.9 Å². The molecule has 0 aromatic heterocycles. The molecule has 7 nitrogen and oxygen atoms in total. The summed E-state index contributed by atoms with van der Waals surface area (Å²) in [4.78, 5) is 38.0. The molecule has 0 radical (unpaired) electrons. The third kappa shape index (κ3) is 8.15. The van der Waals surface area contributed by atoms with Crippen LogP contribution >= 0.6 is 11.6 Å². The van der Waals surface area contributed by atoms with Crippen molar-refractivity contribution in [3.05, 3.63) is 88.2 Å². The normalized spacial score (nSPS) is 11.7. The Labute approximate surface area is 241 Å². The monoisotopic (exact) mass is 615 g/mol. The van der Waals surface area contributed by atoms with Gasteiger partial charge >= 0.3 is 6.18 Å². The minimum Gasteiger partial charge on any atom is -0.487 e. The largest absolute Gasteiger partial charge is 0.487 e. The average Bonchev–Trinajstić information content (AvgIpc) is 2.90. The number of carbonyl (C=O) groups is 3. The maximum atomic E-state index is 13.5. The van der Waals surface area contributed by atoms with Crippen LogP contribution < -0.4 is 20.7 Å². The summed E-state index contributed by atoms with van der Waals surface area (Å²) in [6.45, 7) is 0.112. The number of hydrogen-bond donors (Lipinski definition) is 3. The third-order valence-corrected chi connectivity index (χ3v) is 6.26. The third-order valence-electron chi connectivity index (χ3n) is 5.93. The Morgan fingerprint density at radius 3 is 2.14 bits per heavy atom. The molecule has 3 N–H and O–H groups in total. The Bertz CT molecular complexity index is 1480. The van der Waals surface area contributed by atoms with Gasteiger partial charge in [-0.25, -0.2) is 13.2 Å². The Kier molecular flexibility index (Phi) is 10.1. The van der Waals surface area contributed by atoms with Gasteiger partial charge in [0.1, 0.15) is 23.6 Å². The second kappa shape index (κ2) is 13.1. The van der Waals surface area contributed by atoms with Crippen LogP contribution in [0.25, 0.3) is 0 Å². The van der Waals surface area contributed by atoms with Gasteiger partial charge in [0.25, 0.3) is 18.2 Å². The number of benzene rings is 3. The number of alkyl halides is 5. The number of anilines is 2. The van der Waals surface area contributed by atoms with Gasteiger partial charge < -0.3 is 20.7 Å². The van der Waals surface area contributed by atoms with Crippen LogP contribution in [0.4, 0.5) is 37.7 Å². The maximum absolute atomic E-state index is 13.5. The quantitative estimate of drug-likeness (QED) is 0.218. The highest BCUT2D eigenvalue weighted by Gasteiger charge is 2.52. The lowest BCUT2D eigenvalue weighted by Crippen LogP contribution is -2.46. The summed E-state index contributed by atoms with van der Waals surface area (Å²) in [6, 6.07) is 12.5. The molecule has 42 heavy (non-hydrogen) atoms. The molecule has 0 fully saturated rings. The Morgan fingerprint density at radius 2 is 1.52 bits per heavy atom. The predicted octanol–water partition coefficient (Wildman–Crippen LogP) is 6.83. The Balaban J connectivity index is 1.81. The molecule has 0 aliphatic rings. The van der Waals surface area contributed by atoms with E-state index in [1.54, 1.807) is 0 Å². The molecule has 0 spiro atoms. The summed E-state index contributed by atoms with van der Waals surface area (Å²) >= 11 is 6.15. The Hall–Kier alpha value is -4.26. The first-order valence-electron chi connectivity index (χ1n) is 12.1. The number of hydrogen-bond acceptors (Lipinski definition) is 4. The molecule has 0 aliphatic heterocycles. The van der Waals surface area contributed by atoms with Gasteiger partial charge in [-0.2, -0.15) is 13.2 Å². The molecule has 0 saturated heterocycles. The predicted molar refractivity (Wildman–Crippen MR) is 143 cm³/mol. The van der Waals surface area contributed by atoms with Crippen molar-refractivity contribution in [1.29, 1.82) is 0 Å². The van der Waals surface area contributed by atoms with Crippen LogP contribution in [-0.2, 0) is 11.3 Å². The lowest BCUT2D eigenvalue weighted by Gasteiger charge is -2.26. The molecule has 0 saturated carbocycles. The van der Waals surface area contributed by atoms with Gasteiger partial charge in [0.2, 0.25) is 5.91 Å². The number of carbonyl (C=O) groups excluding carboxylic acids is 3. The highest BCUT2D eigenvalue weighted by Crippen LogP contribution is 2.37. The number of rotatable bonds is 10. The molecule has 0 heterocycles. The number of halogens is 7. The zero-order valence-corrected chi connectivity index (χ0v) is 22.8. The van der Waals surface area contributed by atoms with E-state index in [1.165, 1.54) is 42.5 Å². The van der Waals surface area contributed by atoms with Crippen LogP contribution in [0.3, 0.4) is 0 Å². The average molecular weight is 616 g/mol. The van der Waals surface area contributed by atoms with Gasteiger partial charge in [0, 0.05) is 17.9 Å². The molecule has 0 unspecified atom stereocenters. The van der Waals surface area contributed by atoms with E-state index in [0.29, 0.717) is 0 Å². The van der Waals surface area contributed by atoms with E-state index in [-0.39, 0.29) is 45.4 Å². The van der Waals surface area contributed by atoms with Crippen molar-refractivity contribution in [3.63, 3.8) is 0 Å². The molecular weight excluding hydrogens is 592 g/mol. The fourth-order valence-corrected chi connectivity index (χ4v) is 3.62. The van der Waals surface area contributed by atoms with Crippen molar-refractivity contribution < 1.29 is 45.5 Å². The lowest BCUT2D eigenvalue weighted by molar-refractivity contribution is -0.211. The molecule has 3 aromatic rings. The van der Waals surface area contributed by atoms with E-state index in [2.05, 4.69) is 16.0 Å². The van der Waals surface area contributed by atoms with E-state index in [4.69, 9.17) is 16.3 Å². The van der Waals surface area contributed by atoms with Crippen molar-refractivity contribution in [2.24, 2.45) is 5.41 Å². The first kappa shape index (κ1) is 32.3. The highest BCUT2D eigenvalue weighted by molar-refractivity contribution is 6.34. The summed E-state index contributed by atoms with van der Waals surface area (Å²) in [7, 11) is 0. The molecule has 0 atom stereocenters. The molecule has 3 rings (SSSR count). The van der Waals surface area contributed by atoms with Gasteiger partial charge in [0.15, 0.2) is 0 Å². The van der Waals surface area contributed by atoms with E-state index < -0.39 is 48.2 Å². The zero-order chi connectivity index (χ0) is 31.2. The topological polar surface area (TPSA) is 96.5 Å². The smallest absolute Gasteiger partial charge is 0.402 e. The minimum absolute atomic E-state index is 0.0236. The Morgan fingerprint density at radius 1 is 0.881 bits per heavy atom. The van der Waals surface area contributed by atoms with Gasteiger partial charge in [0.05, 0.1) is 16.1 Å².